The molecule has 0 saturated carbocycles. The Morgan fingerprint density at radius 2 is 2.03 bits per heavy atom. The number of aromatic nitrogens is 3. The van der Waals surface area contributed by atoms with E-state index >= 15 is 0 Å². The first-order chi connectivity index (χ1) is 14.1. The molecule has 29 heavy (non-hydrogen) atoms. The van der Waals surface area contributed by atoms with Gasteiger partial charge in [-0.05, 0) is 24.6 Å². The third kappa shape index (κ3) is 3.93. The average Bonchev–Trinajstić information content (AvgIpc) is 3.15. The molecule has 0 saturated heterocycles. The molecular formula is C21H23N5O2S. The lowest BCUT2D eigenvalue weighted by molar-refractivity contribution is -0.116. The molecular weight excluding hydrogens is 386 g/mol. The largest absolute Gasteiger partial charge is 0.497 e. The number of ether oxygens (including phenoxy) is 1. The van der Waals surface area contributed by atoms with Crippen molar-refractivity contribution < 1.29 is 9.53 Å². The number of carbonyl (C=O) groups is 1. The second kappa shape index (κ2) is 8.16. The van der Waals surface area contributed by atoms with Crippen LogP contribution in [0.3, 0.4) is 0 Å². The number of benzene rings is 2. The number of nitrogens with one attached hydrogen (secondary N) is 2. The lowest BCUT2D eigenvalue weighted by Gasteiger charge is -2.33. The lowest BCUT2D eigenvalue weighted by Crippen LogP contribution is -2.41. The van der Waals surface area contributed by atoms with Gasteiger partial charge in [0.2, 0.25) is 11.1 Å². The highest BCUT2D eigenvalue weighted by Gasteiger charge is 2.37. The Morgan fingerprint density at radius 3 is 2.76 bits per heavy atom. The van der Waals surface area contributed by atoms with Crippen LogP contribution in [-0.4, -0.2) is 33.1 Å². The Hall–Kier alpha value is -3.00. The van der Waals surface area contributed by atoms with Crippen LogP contribution in [0.25, 0.3) is 0 Å². The summed E-state index contributed by atoms with van der Waals surface area (Å²) in [6.45, 7) is 4.08. The van der Waals surface area contributed by atoms with Gasteiger partial charge in [-0.15, -0.1) is 10.2 Å². The van der Waals surface area contributed by atoms with E-state index in [0.717, 1.165) is 17.8 Å². The zero-order valence-corrected chi connectivity index (χ0v) is 17.4. The summed E-state index contributed by atoms with van der Waals surface area (Å²) in [4.78, 5) is 13.2. The van der Waals surface area contributed by atoms with Crippen molar-refractivity contribution in [2.45, 2.75) is 36.7 Å². The molecule has 3 aromatic rings. The number of thioether (sulfide) groups is 1. The van der Waals surface area contributed by atoms with Crippen molar-refractivity contribution in [2.75, 3.05) is 17.9 Å². The van der Waals surface area contributed by atoms with Crippen LogP contribution in [0.15, 0.2) is 53.7 Å². The smallest absolute Gasteiger partial charge is 0.240 e. The van der Waals surface area contributed by atoms with E-state index in [0.29, 0.717) is 16.6 Å². The predicted molar refractivity (Wildman–Crippen MR) is 114 cm³/mol. The maximum absolute atomic E-state index is 13.2. The molecule has 0 bridgehead atoms. The molecule has 150 valence electrons. The maximum atomic E-state index is 13.2. The molecule has 1 aromatic heterocycles. The normalized spacial score (nSPS) is 17.9. The molecule has 4 rings (SSSR count). The lowest BCUT2D eigenvalue weighted by atomic mass is 10.0. The summed E-state index contributed by atoms with van der Waals surface area (Å²) in [5.41, 5.74) is 6.36. The van der Waals surface area contributed by atoms with E-state index < -0.39 is 5.25 Å². The number of rotatable bonds is 5. The number of anilines is 1. The first-order valence-electron chi connectivity index (χ1n) is 9.48. The van der Waals surface area contributed by atoms with Gasteiger partial charge in [0.05, 0.1) is 13.2 Å². The van der Waals surface area contributed by atoms with Crippen LogP contribution in [0.4, 0.5) is 5.69 Å². The minimum atomic E-state index is -0.412. The number of hydrogen-bond donors (Lipinski definition) is 2. The van der Waals surface area contributed by atoms with Gasteiger partial charge in [0.1, 0.15) is 11.0 Å². The zero-order valence-electron chi connectivity index (χ0n) is 16.5. The molecule has 0 unspecified atom stereocenters. The summed E-state index contributed by atoms with van der Waals surface area (Å²) >= 11 is 1.42. The van der Waals surface area contributed by atoms with Crippen LogP contribution in [0.1, 0.15) is 29.9 Å². The van der Waals surface area contributed by atoms with Gasteiger partial charge in [-0.2, -0.15) is 0 Å². The Labute approximate surface area is 173 Å². The first kappa shape index (κ1) is 19.3. The quantitative estimate of drug-likeness (QED) is 0.671. The minimum Gasteiger partial charge on any atom is -0.497 e. The van der Waals surface area contributed by atoms with Crippen molar-refractivity contribution in [3.05, 3.63) is 65.5 Å². The number of aryl methyl sites for hydroxylation is 2. The fourth-order valence-corrected chi connectivity index (χ4v) is 4.36. The van der Waals surface area contributed by atoms with Crippen LogP contribution in [0.2, 0.25) is 0 Å². The predicted octanol–water partition coefficient (Wildman–Crippen LogP) is 3.56. The fraction of sp³-hybridized carbons (Fsp3) is 0.286. The fourth-order valence-electron chi connectivity index (χ4n) is 3.27. The standard InChI is InChI=1S/C21H23N5O2S/c1-4-17-23-24-21-26(17)25-18(14-10-8-13(2)9-11-14)19(29-21)20(27)22-15-6-5-7-16(12-15)28-3/h5-12,18-19,25H,4H2,1-3H3,(H,22,27)/t18-,19-/m0/s1. The van der Waals surface area contributed by atoms with Crippen molar-refractivity contribution in [1.29, 1.82) is 0 Å². The number of hydrogen-bond acceptors (Lipinski definition) is 6. The molecule has 1 aliphatic heterocycles. The van der Waals surface area contributed by atoms with E-state index in [1.807, 2.05) is 36.7 Å². The van der Waals surface area contributed by atoms with Gasteiger partial charge in [-0.1, -0.05) is 54.6 Å². The second-order valence-electron chi connectivity index (χ2n) is 6.86. The molecule has 8 heteroatoms. The molecule has 0 fully saturated rings. The SMILES string of the molecule is CCc1nnc2n1N[C@@H](c1ccc(C)cc1)[C@@H](C(=O)Nc1cccc(OC)c1)S2. The summed E-state index contributed by atoms with van der Waals surface area (Å²) in [5, 5.41) is 11.8. The van der Waals surface area contributed by atoms with Gasteiger partial charge in [0, 0.05) is 18.2 Å². The Morgan fingerprint density at radius 1 is 1.24 bits per heavy atom. The number of nitrogens with zero attached hydrogens (tertiary/aromatic N) is 3. The van der Waals surface area contributed by atoms with Crippen LogP contribution in [0, 0.1) is 6.92 Å². The van der Waals surface area contributed by atoms with Gasteiger partial charge in [-0.25, -0.2) is 4.68 Å². The van der Waals surface area contributed by atoms with E-state index in [2.05, 4.69) is 45.2 Å². The number of amides is 1. The van der Waals surface area contributed by atoms with Crippen LogP contribution >= 0.6 is 11.8 Å². The molecule has 1 aliphatic rings. The second-order valence-corrected chi connectivity index (χ2v) is 7.97. The number of carbonyl (C=O) groups excluding carboxylic acids is 1. The van der Waals surface area contributed by atoms with Crippen molar-refractivity contribution in [1.82, 2.24) is 14.9 Å². The Balaban J connectivity index is 1.65. The summed E-state index contributed by atoms with van der Waals surface area (Å²) < 4.78 is 7.15. The molecule has 1 amide bonds. The molecule has 2 atom stereocenters. The third-order valence-corrected chi connectivity index (χ3v) is 6.07. The topological polar surface area (TPSA) is 81.1 Å². The van der Waals surface area contributed by atoms with Gasteiger partial charge < -0.3 is 15.5 Å². The van der Waals surface area contributed by atoms with Crippen molar-refractivity contribution >= 4 is 23.4 Å². The summed E-state index contributed by atoms with van der Waals surface area (Å²) in [6, 6.07) is 15.3. The zero-order chi connectivity index (χ0) is 20.4. The maximum Gasteiger partial charge on any atom is 0.240 e. The summed E-state index contributed by atoms with van der Waals surface area (Å²) in [6.07, 6.45) is 0.752. The van der Waals surface area contributed by atoms with E-state index in [9.17, 15) is 4.79 Å². The Kier molecular flexibility index (Phi) is 5.44. The summed E-state index contributed by atoms with van der Waals surface area (Å²) in [7, 11) is 1.60. The van der Waals surface area contributed by atoms with E-state index in [1.54, 1.807) is 13.2 Å². The van der Waals surface area contributed by atoms with Gasteiger partial charge >= 0.3 is 0 Å². The first-order valence-corrected chi connectivity index (χ1v) is 10.4. The van der Waals surface area contributed by atoms with Crippen molar-refractivity contribution in [2.24, 2.45) is 0 Å². The van der Waals surface area contributed by atoms with E-state index in [4.69, 9.17) is 4.74 Å². The van der Waals surface area contributed by atoms with E-state index in [-0.39, 0.29) is 11.9 Å². The molecule has 2 N–H and O–H groups in total. The van der Waals surface area contributed by atoms with Crippen molar-refractivity contribution in [3.63, 3.8) is 0 Å². The van der Waals surface area contributed by atoms with Gasteiger partial charge in [0.15, 0.2) is 5.82 Å². The molecule has 2 aromatic carbocycles. The highest BCUT2D eigenvalue weighted by atomic mass is 32.2. The van der Waals surface area contributed by atoms with Crippen molar-refractivity contribution in [3.8, 4) is 5.75 Å². The summed E-state index contributed by atoms with van der Waals surface area (Å²) in [5.74, 6) is 1.43. The molecule has 7 nitrogen and oxygen atoms in total. The van der Waals surface area contributed by atoms with Gasteiger partial charge in [-0.3, -0.25) is 4.79 Å². The number of methoxy groups -OCH3 is 1. The third-order valence-electron chi connectivity index (χ3n) is 4.85. The average molecular weight is 410 g/mol. The highest BCUT2D eigenvalue weighted by Crippen LogP contribution is 2.37. The van der Waals surface area contributed by atoms with Crippen LogP contribution < -0.4 is 15.5 Å². The Bertz CT molecular complexity index is 1020. The van der Waals surface area contributed by atoms with E-state index in [1.165, 1.54) is 17.3 Å². The monoisotopic (exact) mass is 409 g/mol. The molecule has 0 aliphatic carbocycles. The number of fused-ring (bicyclic) bond motifs is 1. The van der Waals surface area contributed by atoms with Crippen LogP contribution in [-0.2, 0) is 11.2 Å². The molecule has 0 spiro atoms. The molecule has 0 radical (unpaired) electrons. The van der Waals surface area contributed by atoms with Gasteiger partial charge in [0.25, 0.3) is 0 Å². The van der Waals surface area contributed by atoms with Crippen LogP contribution in [0.5, 0.6) is 5.75 Å². The minimum absolute atomic E-state index is 0.103. The molecule has 2 heterocycles. The highest BCUT2D eigenvalue weighted by molar-refractivity contribution is 8.00.